The van der Waals surface area contributed by atoms with E-state index in [1.54, 1.807) is 24.3 Å². The van der Waals surface area contributed by atoms with Gasteiger partial charge in [0.1, 0.15) is 10.6 Å². The van der Waals surface area contributed by atoms with Gasteiger partial charge in [0.15, 0.2) is 18.1 Å². The fraction of sp³-hybridized carbons (Fsp3) is 0.409. The average Bonchev–Trinajstić information content (AvgIpc) is 2.82. The van der Waals surface area contributed by atoms with Gasteiger partial charge >= 0.3 is 0 Å². The molecule has 1 amide bonds. The third-order valence-corrected chi connectivity index (χ3v) is 6.62. The van der Waals surface area contributed by atoms with Crippen LogP contribution in [0.25, 0.3) is 0 Å². The molecule has 1 heterocycles. The maximum Gasteiger partial charge on any atom is 0.262 e. The van der Waals surface area contributed by atoms with Crippen LogP contribution in [0.15, 0.2) is 47.4 Å². The molecule has 9 nitrogen and oxygen atoms in total. The third-order valence-electron chi connectivity index (χ3n) is 4.70. The van der Waals surface area contributed by atoms with Crippen LogP contribution >= 0.6 is 0 Å². The number of para-hydroxylation sites is 2. The lowest BCUT2D eigenvalue weighted by Crippen LogP contribution is -2.40. The van der Waals surface area contributed by atoms with E-state index in [0.29, 0.717) is 37.0 Å². The number of anilines is 1. The molecular formula is C22H28N2O7S. The summed E-state index contributed by atoms with van der Waals surface area (Å²) in [6.07, 6.45) is 0.849. The summed E-state index contributed by atoms with van der Waals surface area (Å²) in [5, 5.41) is 2.67. The molecule has 1 fully saturated rings. The molecule has 0 radical (unpaired) electrons. The SMILES string of the molecule is CCCOc1ccccc1OCC(=O)Nc1ccc(OC)c(S(=O)(=O)N2CCOCC2)c1. The molecule has 0 aromatic heterocycles. The number of carbonyl (C=O) groups is 1. The normalized spacial score (nSPS) is 14.6. The van der Waals surface area contributed by atoms with Crippen LogP contribution < -0.4 is 19.5 Å². The number of carbonyl (C=O) groups excluding carboxylic acids is 1. The molecule has 0 atom stereocenters. The van der Waals surface area contributed by atoms with Crippen molar-refractivity contribution in [2.75, 3.05) is 51.9 Å². The van der Waals surface area contributed by atoms with Gasteiger partial charge in [0.05, 0.1) is 26.9 Å². The highest BCUT2D eigenvalue weighted by molar-refractivity contribution is 7.89. The first kappa shape index (κ1) is 23.8. The number of morpholine rings is 1. The summed E-state index contributed by atoms with van der Waals surface area (Å²) < 4.78 is 49.2. The van der Waals surface area contributed by atoms with Crippen LogP contribution in [0.3, 0.4) is 0 Å². The highest BCUT2D eigenvalue weighted by Gasteiger charge is 2.29. The number of sulfonamides is 1. The highest BCUT2D eigenvalue weighted by Crippen LogP contribution is 2.30. The number of amides is 1. The number of rotatable bonds is 10. The van der Waals surface area contributed by atoms with E-state index in [2.05, 4.69) is 5.32 Å². The van der Waals surface area contributed by atoms with Crippen molar-refractivity contribution in [2.24, 2.45) is 0 Å². The molecule has 0 aliphatic carbocycles. The number of benzene rings is 2. The molecule has 1 aliphatic rings. The second kappa shape index (κ2) is 11.2. The monoisotopic (exact) mass is 464 g/mol. The van der Waals surface area contributed by atoms with Crippen LogP contribution in [0, 0.1) is 0 Å². The van der Waals surface area contributed by atoms with Gasteiger partial charge in [0.2, 0.25) is 10.0 Å². The zero-order valence-corrected chi connectivity index (χ0v) is 19.0. The lowest BCUT2D eigenvalue weighted by atomic mass is 10.3. The van der Waals surface area contributed by atoms with Crippen LogP contribution in [0.2, 0.25) is 0 Å². The number of nitrogens with one attached hydrogen (secondary N) is 1. The van der Waals surface area contributed by atoms with Crippen molar-refractivity contribution < 1.29 is 32.2 Å². The van der Waals surface area contributed by atoms with E-state index >= 15 is 0 Å². The van der Waals surface area contributed by atoms with Crippen LogP contribution in [-0.2, 0) is 19.6 Å². The molecule has 0 bridgehead atoms. The van der Waals surface area contributed by atoms with Gasteiger partial charge in [0.25, 0.3) is 5.91 Å². The quantitative estimate of drug-likeness (QED) is 0.576. The Morgan fingerprint density at radius 3 is 2.41 bits per heavy atom. The fourth-order valence-corrected chi connectivity index (χ4v) is 4.71. The molecule has 10 heteroatoms. The number of hydrogen-bond acceptors (Lipinski definition) is 7. The second-order valence-corrected chi connectivity index (χ2v) is 8.92. The number of hydrogen-bond donors (Lipinski definition) is 1. The molecule has 2 aromatic rings. The van der Waals surface area contributed by atoms with Crippen molar-refractivity contribution in [3.8, 4) is 17.2 Å². The summed E-state index contributed by atoms with van der Waals surface area (Å²) in [7, 11) is -2.40. The molecule has 0 unspecified atom stereocenters. The summed E-state index contributed by atoms with van der Waals surface area (Å²) in [6.45, 7) is 3.46. The summed E-state index contributed by atoms with van der Waals surface area (Å²) in [6, 6.07) is 11.6. The molecule has 32 heavy (non-hydrogen) atoms. The molecule has 1 saturated heterocycles. The molecule has 1 aliphatic heterocycles. The Morgan fingerprint density at radius 1 is 1.06 bits per heavy atom. The Kier molecular flexibility index (Phi) is 8.32. The minimum Gasteiger partial charge on any atom is -0.495 e. The topological polar surface area (TPSA) is 103 Å². The van der Waals surface area contributed by atoms with E-state index in [1.165, 1.54) is 23.5 Å². The largest absolute Gasteiger partial charge is 0.495 e. The Hall–Kier alpha value is -2.82. The fourth-order valence-electron chi connectivity index (χ4n) is 3.12. The minimum atomic E-state index is -3.80. The standard InChI is InChI=1S/C22H28N2O7S/c1-3-12-30-18-6-4-5-7-19(18)31-16-22(25)23-17-8-9-20(28-2)21(15-17)32(26,27)24-10-13-29-14-11-24/h4-9,15H,3,10-14,16H2,1-2H3,(H,23,25). The predicted octanol–water partition coefficient (Wildman–Crippen LogP) is 2.52. The summed E-state index contributed by atoms with van der Waals surface area (Å²) in [5.41, 5.74) is 0.321. The van der Waals surface area contributed by atoms with Gasteiger partial charge in [-0.3, -0.25) is 4.79 Å². The molecule has 3 rings (SSSR count). The first-order valence-corrected chi connectivity index (χ1v) is 11.8. The molecule has 174 valence electrons. The number of methoxy groups -OCH3 is 1. The maximum absolute atomic E-state index is 13.1. The van der Waals surface area contributed by atoms with Crippen molar-refractivity contribution in [3.05, 3.63) is 42.5 Å². The highest BCUT2D eigenvalue weighted by atomic mass is 32.2. The summed E-state index contributed by atoms with van der Waals surface area (Å²) in [5.74, 6) is 0.787. The van der Waals surface area contributed by atoms with Crippen LogP contribution in [-0.4, -0.2) is 65.3 Å². The van der Waals surface area contributed by atoms with E-state index in [1.807, 2.05) is 13.0 Å². The first-order valence-electron chi connectivity index (χ1n) is 10.4. The molecule has 0 spiro atoms. The smallest absolute Gasteiger partial charge is 0.262 e. The van der Waals surface area contributed by atoms with Gasteiger partial charge in [-0.15, -0.1) is 0 Å². The van der Waals surface area contributed by atoms with Gasteiger partial charge in [-0.2, -0.15) is 4.31 Å². The first-order chi connectivity index (χ1) is 15.5. The number of nitrogens with zero attached hydrogens (tertiary/aromatic N) is 1. The van der Waals surface area contributed by atoms with Crippen molar-refractivity contribution in [3.63, 3.8) is 0 Å². The van der Waals surface area contributed by atoms with Gasteiger partial charge in [-0.05, 0) is 36.8 Å². The maximum atomic E-state index is 13.1. The summed E-state index contributed by atoms with van der Waals surface area (Å²) in [4.78, 5) is 12.4. The molecular weight excluding hydrogens is 436 g/mol. The Morgan fingerprint density at radius 2 is 1.75 bits per heavy atom. The van der Waals surface area contributed by atoms with Crippen molar-refractivity contribution in [1.82, 2.24) is 4.31 Å². The predicted molar refractivity (Wildman–Crippen MR) is 119 cm³/mol. The van der Waals surface area contributed by atoms with Crippen LogP contribution in [0.1, 0.15) is 13.3 Å². The Balaban J connectivity index is 1.70. The van der Waals surface area contributed by atoms with E-state index in [0.717, 1.165) is 6.42 Å². The van der Waals surface area contributed by atoms with Gasteiger partial charge in [-0.1, -0.05) is 19.1 Å². The third kappa shape index (κ3) is 5.90. The second-order valence-electron chi connectivity index (χ2n) is 7.01. The molecule has 0 saturated carbocycles. The van der Waals surface area contributed by atoms with Gasteiger partial charge in [-0.25, -0.2) is 8.42 Å². The van der Waals surface area contributed by atoms with E-state index in [4.69, 9.17) is 18.9 Å². The zero-order valence-electron chi connectivity index (χ0n) is 18.2. The van der Waals surface area contributed by atoms with E-state index in [-0.39, 0.29) is 30.3 Å². The Bertz CT molecular complexity index is 1020. The minimum absolute atomic E-state index is 0.0149. The van der Waals surface area contributed by atoms with Gasteiger partial charge in [0, 0.05) is 18.8 Å². The van der Waals surface area contributed by atoms with Crippen LogP contribution in [0.5, 0.6) is 17.2 Å². The average molecular weight is 465 g/mol. The lowest BCUT2D eigenvalue weighted by molar-refractivity contribution is -0.118. The van der Waals surface area contributed by atoms with Gasteiger partial charge < -0.3 is 24.3 Å². The van der Waals surface area contributed by atoms with Crippen molar-refractivity contribution in [1.29, 1.82) is 0 Å². The van der Waals surface area contributed by atoms with Crippen LogP contribution in [0.4, 0.5) is 5.69 Å². The van der Waals surface area contributed by atoms with E-state index < -0.39 is 15.9 Å². The van der Waals surface area contributed by atoms with Crippen molar-refractivity contribution >= 4 is 21.6 Å². The van der Waals surface area contributed by atoms with E-state index in [9.17, 15) is 13.2 Å². The summed E-state index contributed by atoms with van der Waals surface area (Å²) >= 11 is 0. The zero-order chi connectivity index (χ0) is 23.0. The number of ether oxygens (including phenoxy) is 4. The lowest BCUT2D eigenvalue weighted by Gasteiger charge is -2.26. The molecule has 2 aromatic carbocycles. The van der Waals surface area contributed by atoms with Crippen molar-refractivity contribution in [2.45, 2.75) is 18.2 Å². The molecule has 1 N–H and O–H groups in total. The Labute approximate surface area is 188 Å².